The third-order valence-corrected chi connectivity index (χ3v) is 5.26. The molecular formula is C19H25NO3S2. The summed E-state index contributed by atoms with van der Waals surface area (Å²) in [6, 6.07) is 7.55. The summed E-state index contributed by atoms with van der Waals surface area (Å²) in [6.45, 7) is 6.95. The van der Waals surface area contributed by atoms with Crippen LogP contribution >= 0.6 is 24.0 Å². The summed E-state index contributed by atoms with van der Waals surface area (Å²) in [5.41, 5.74) is 1.83. The van der Waals surface area contributed by atoms with E-state index in [9.17, 15) is 14.4 Å². The fourth-order valence-corrected chi connectivity index (χ4v) is 3.82. The number of Topliss-reactive ketones (excluding diaryl/α,β-unsaturated/α-hetero) is 1. The maximum absolute atomic E-state index is 12.3. The van der Waals surface area contributed by atoms with E-state index in [-0.39, 0.29) is 22.8 Å². The summed E-state index contributed by atoms with van der Waals surface area (Å²) in [5, 5.41) is 0.105. The Kier molecular flexibility index (Phi) is 9.00. The standard InChI is InChI=1S/C19H25NO3S2/c1-13-5-7-17(8-6-13)19(23)10-9-18(25-16(4)24)11-12-20(14(2)21)15(3)22/h5-8,18H,9-12H2,1-4H3. The first-order chi connectivity index (χ1) is 11.7. The van der Waals surface area contributed by atoms with Gasteiger partial charge >= 0.3 is 0 Å². The molecule has 136 valence electrons. The van der Waals surface area contributed by atoms with Gasteiger partial charge in [0.2, 0.25) is 11.8 Å². The van der Waals surface area contributed by atoms with Crippen molar-refractivity contribution in [2.75, 3.05) is 6.54 Å². The molecule has 1 unspecified atom stereocenters. The van der Waals surface area contributed by atoms with Gasteiger partial charge < -0.3 is 0 Å². The van der Waals surface area contributed by atoms with E-state index in [0.717, 1.165) is 9.76 Å². The van der Waals surface area contributed by atoms with E-state index in [0.29, 0.717) is 31.4 Å². The van der Waals surface area contributed by atoms with Crippen LogP contribution in [0.15, 0.2) is 24.3 Å². The number of thioether (sulfide) groups is 1. The Labute approximate surface area is 159 Å². The Hall–Kier alpha value is -1.53. The van der Waals surface area contributed by atoms with Crippen LogP contribution in [0, 0.1) is 6.92 Å². The highest BCUT2D eigenvalue weighted by Gasteiger charge is 2.19. The lowest BCUT2D eigenvalue weighted by Gasteiger charge is -2.21. The first-order valence-electron chi connectivity index (χ1n) is 8.26. The van der Waals surface area contributed by atoms with Crippen LogP contribution in [0.25, 0.3) is 0 Å². The molecule has 0 saturated carbocycles. The summed E-state index contributed by atoms with van der Waals surface area (Å²) in [5.74, 6) is -0.417. The second-order valence-electron chi connectivity index (χ2n) is 6.04. The molecule has 1 rings (SSSR count). The molecule has 1 atom stereocenters. The molecule has 25 heavy (non-hydrogen) atoms. The van der Waals surface area contributed by atoms with Gasteiger partial charge in [-0.15, -0.1) is 11.8 Å². The van der Waals surface area contributed by atoms with Gasteiger partial charge in [0.1, 0.15) is 0 Å². The number of hydrogen-bond acceptors (Lipinski definition) is 5. The largest absolute Gasteiger partial charge is 0.294 e. The highest BCUT2D eigenvalue weighted by molar-refractivity contribution is 8.23. The first kappa shape index (κ1) is 21.5. The molecule has 6 heteroatoms. The van der Waals surface area contributed by atoms with Crippen molar-refractivity contribution in [2.45, 2.75) is 52.2 Å². The molecule has 0 aliphatic heterocycles. The van der Waals surface area contributed by atoms with E-state index >= 15 is 0 Å². The van der Waals surface area contributed by atoms with Gasteiger partial charge in [0.25, 0.3) is 0 Å². The van der Waals surface area contributed by atoms with Crippen LogP contribution in [0.5, 0.6) is 0 Å². The zero-order chi connectivity index (χ0) is 19.0. The number of imide groups is 1. The van der Waals surface area contributed by atoms with Crippen LogP contribution in [-0.4, -0.2) is 38.5 Å². The SMILES string of the molecule is CC(=O)N(CCC(CCC(=O)c1ccc(C)cc1)SC(C)=S)C(C)=O. The minimum absolute atomic E-state index is 0.0996. The summed E-state index contributed by atoms with van der Waals surface area (Å²) < 4.78 is 0.796. The lowest BCUT2D eigenvalue weighted by molar-refractivity contribution is -0.142. The molecule has 0 aliphatic rings. The van der Waals surface area contributed by atoms with Crippen molar-refractivity contribution in [1.29, 1.82) is 0 Å². The average Bonchev–Trinajstić information content (AvgIpc) is 2.51. The Balaban J connectivity index is 2.64. The van der Waals surface area contributed by atoms with Gasteiger partial charge in [-0.1, -0.05) is 42.0 Å². The van der Waals surface area contributed by atoms with Crippen molar-refractivity contribution >= 4 is 45.8 Å². The normalized spacial score (nSPS) is 11.7. The molecule has 0 saturated heterocycles. The molecule has 1 aromatic rings. The highest BCUT2D eigenvalue weighted by Crippen LogP contribution is 2.23. The van der Waals surface area contributed by atoms with Crippen molar-refractivity contribution in [3.63, 3.8) is 0 Å². The number of ketones is 1. The molecule has 0 aliphatic carbocycles. The number of hydrogen-bond donors (Lipinski definition) is 0. The monoisotopic (exact) mass is 379 g/mol. The molecule has 0 bridgehead atoms. The van der Waals surface area contributed by atoms with Crippen molar-refractivity contribution in [3.8, 4) is 0 Å². The maximum Gasteiger partial charge on any atom is 0.226 e. The summed E-state index contributed by atoms with van der Waals surface area (Å²) in [4.78, 5) is 36.6. The van der Waals surface area contributed by atoms with Crippen LogP contribution in [0.2, 0.25) is 0 Å². The van der Waals surface area contributed by atoms with Gasteiger partial charge in [0.15, 0.2) is 5.78 Å². The van der Waals surface area contributed by atoms with Gasteiger partial charge in [0, 0.05) is 41.8 Å². The Morgan fingerprint density at radius 2 is 1.60 bits per heavy atom. The van der Waals surface area contributed by atoms with E-state index in [1.165, 1.54) is 30.5 Å². The summed E-state index contributed by atoms with van der Waals surface area (Å²) in [7, 11) is 0. The van der Waals surface area contributed by atoms with E-state index in [1.807, 2.05) is 38.1 Å². The van der Waals surface area contributed by atoms with Crippen LogP contribution in [0.4, 0.5) is 0 Å². The topological polar surface area (TPSA) is 54.5 Å². The fourth-order valence-electron chi connectivity index (χ4n) is 2.48. The van der Waals surface area contributed by atoms with Gasteiger partial charge in [-0.25, -0.2) is 0 Å². The average molecular weight is 380 g/mol. The predicted octanol–water partition coefficient (Wildman–Crippen LogP) is 4.19. The third-order valence-electron chi connectivity index (χ3n) is 3.83. The van der Waals surface area contributed by atoms with Crippen molar-refractivity contribution < 1.29 is 14.4 Å². The minimum Gasteiger partial charge on any atom is -0.294 e. The lowest BCUT2D eigenvalue weighted by Crippen LogP contribution is -2.35. The molecule has 4 nitrogen and oxygen atoms in total. The van der Waals surface area contributed by atoms with Crippen molar-refractivity contribution in [2.24, 2.45) is 0 Å². The second-order valence-corrected chi connectivity index (χ2v) is 8.42. The van der Waals surface area contributed by atoms with Gasteiger partial charge in [0.05, 0.1) is 0 Å². The number of thiocarbonyl (C=S) groups is 1. The Morgan fingerprint density at radius 3 is 2.08 bits per heavy atom. The molecule has 0 radical (unpaired) electrons. The quantitative estimate of drug-likeness (QED) is 0.501. The van der Waals surface area contributed by atoms with E-state index in [4.69, 9.17) is 12.2 Å². The summed E-state index contributed by atoms with van der Waals surface area (Å²) in [6.07, 6.45) is 1.71. The molecule has 0 fully saturated rings. The number of rotatable bonds is 8. The molecule has 0 N–H and O–H groups in total. The van der Waals surface area contributed by atoms with Crippen LogP contribution in [0.3, 0.4) is 0 Å². The van der Waals surface area contributed by atoms with Crippen LogP contribution < -0.4 is 0 Å². The van der Waals surface area contributed by atoms with Crippen LogP contribution in [-0.2, 0) is 9.59 Å². The van der Waals surface area contributed by atoms with Crippen LogP contribution in [0.1, 0.15) is 56.0 Å². The third kappa shape index (κ3) is 7.92. The van der Waals surface area contributed by atoms with Gasteiger partial charge in [-0.05, 0) is 26.7 Å². The molecule has 0 spiro atoms. The predicted molar refractivity (Wildman–Crippen MR) is 107 cm³/mol. The number of aryl methyl sites for hydroxylation is 1. The molecule has 0 heterocycles. The zero-order valence-electron chi connectivity index (χ0n) is 15.2. The number of carbonyl (C=O) groups excluding carboxylic acids is 3. The molecular weight excluding hydrogens is 354 g/mol. The number of amides is 2. The Bertz CT molecular complexity index is 627. The van der Waals surface area contributed by atoms with E-state index in [2.05, 4.69) is 0 Å². The minimum atomic E-state index is -0.258. The number of benzene rings is 1. The summed E-state index contributed by atoms with van der Waals surface area (Å²) >= 11 is 6.71. The first-order valence-corrected chi connectivity index (χ1v) is 9.55. The number of carbonyl (C=O) groups is 3. The second kappa shape index (κ2) is 10.5. The highest BCUT2D eigenvalue weighted by atomic mass is 32.2. The smallest absolute Gasteiger partial charge is 0.226 e. The zero-order valence-corrected chi connectivity index (χ0v) is 16.8. The number of nitrogens with zero attached hydrogens (tertiary/aromatic N) is 1. The molecule has 0 aromatic heterocycles. The van der Waals surface area contributed by atoms with Gasteiger partial charge in [-0.3, -0.25) is 19.3 Å². The Morgan fingerprint density at radius 1 is 1.04 bits per heavy atom. The lowest BCUT2D eigenvalue weighted by atomic mass is 10.0. The van der Waals surface area contributed by atoms with E-state index < -0.39 is 0 Å². The molecule has 1 aromatic carbocycles. The van der Waals surface area contributed by atoms with Crippen molar-refractivity contribution in [1.82, 2.24) is 4.90 Å². The van der Waals surface area contributed by atoms with Crippen molar-refractivity contribution in [3.05, 3.63) is 35.4 Å². The van der Waals surface area contributed by atoms with E-state index in [1.54, 1.807) is 0 Å². The molecule has 2 amide bonds. The fraction of sp³-hybridized carbons (Fsp3) is 0.474. The van der Waals surface area contributed by atoms with Gasteiger partial charge in [-0.2, -0.15) is 0 Å². The maximum atomic E-state index is 12.3.